The molecule has 4 aliphatic rings. The number of alkyl halides is 2. The number of allylic oxidation sites excluding steroid dienone is 4. The number of rotatable bonds is 16. The van der Waals surface area contributed by atoms with Crippen LogP contribution in [0.3, 0.4) is 0 Å². The van der Waals surface area contributed by atoms with Gasteiger partial charge in [0.2, 0.25) is 11.7 Å². The summed E-state index contributed by atoms with van der Waals surface area (Å²) in [7, 11) is 0. The fraction of sp³-hybridized carbons (Fsp3) is 0.489. The Morgan fingerprint density at radius 1 is 0.952 bits per heavy atom. The topological polar surface area (TPSA) is 214 Å². The van der Waals surface area contributed by atoms with Gasteiger partial charge in [0, 0.05) is 46.8 Å². The van der Waals surface area contributed by atoms with Gasteiger partial charge in [0.05, 0.1) is 25.2 Å². The normalized spacial score (nSPS) is 31.3. The first-order chi connectivity index (χ1) is 30.0. The van der Waals surface area contributed by atoms with E-state index in [0.717, 1.165) is 16.8 Å². The maximum atomic E-state index is 17.4. The highest BCUT2D eigenvalue weighted by Crippen LogP contribution is 2.71. The van der Waals surface area contributed by atoms with Gasteiger partial charge in [0.25, 0.3) is 0 Å². The summed E-state index contributed by atoms with van der Waals surface area (Å²) < 4.78 is 54.1. The van der Waals surface area contributed by atoms with Gasteiger partial charge in [-0.1, -0.05) is 50.3 Å². The van der Waals surface area contributed by atoms with E-state index < -0.39 is 101 Å². The number of nitrogens with two attached hydrogens (primary N) is 1. The molecule has 3 fully saturated rings. The molecule has 4 aliphatic carbocycles. The third-order valence-corrected chi connectivity index (χ3v) is 14.1. The number of hydrogen-bond donors (Lipinski definition) is 4. The van der Waals surface area contributed by atoms with E-state index >= 15 is 8.78 Å². The van der Waals surface area contributed by atoms with Crippen LogP contribution in [-0.4, -0.2) is 108 Å². The van der Waals surface area contributed by atoms with E-state index in [1.807, 2.05) is 18.2 Å². The van der Waals surface area contributed by atoms with Crippen LogP contribution in [0.15, 0.2) is 84.7 Å². The quantitative estimate of drug-likeness (QED) is 0.116. The molecule has 10 atom stereocenters. The molecule has 0 unspecified atom stereocenters. The predicted molar refractivity (Wildman–Crippen MR) is 224 cm³/mol. The fourth-order valence-corrected chi connectivity index (χ4v) is 10.7. The van der Waals surface area contributed by atoms with Crippen molar-refractivity contribution in [2.75, 3.05) is 44.9 Å². The van der Waals surface area contributed by atoms with Crippen molar-refractivity contribution in [3.8, 4) is 0 Å². The number of ether oxygens (including phenoxy) is 4. The molecule has 0 spiro atoms. The first-order valence-corrected chi connectivity index (χ1v) is 21.1. The van der Waals surface area contributed by atoms with E-state index in [-0.39, 0.29) is 57.1 Å². The van der Waals surface area contributed by atoms with Gasteiger partial charge in [-0.15, -0.1) is 0 Å². The number of benzene rings is 2. The second-order valence-corrected chi connectivity index (χ2v) is 17.6. The van der Waals surface area contributed by atoms with Gasteiger partial charge in [0.1, 0.15) is 31.6 Å². The summed E-state index contributed by atoms with van der Waals surface area (Å²) in [6, 6.07) is 14.4. The van der Waals surface area contributed by atoms with Gasteiger partial charge in [-0.05, 0) is 90.5 Å². The molecule has 3 saturated carbocycles. The number of anilines is 1. The molecule has 1 aromatic heterocycles. The minimum absolute atomic E-state index is 0.0222. The summed E-state index contributed by atoms with van der Waals surface area (Å²) >= 11 is 0. The lowest BCUT2D eigenvalue weighted by Gasteiger charge is -2.63. The molecule has 0 bridgehead atoms. The van der Waals surface area contributed by atoms with Gasteiger partial charge >= 0.3 is 11.9 Å². The molecule has 63 heavy (non-hydrogen) atoms. The second kappa shape index (κ2) is 18.1. The van der Waals surface area contributed by atoms with Crippen LogP contribution in [0.5, 0.6) is 0 Å². The third-order valence-electron chi connectivity index (χ3n) is 14.1. The number of ketones is 2. The Labute approximate surface area is 363 Å². The van der Waals surface area contributed by atoms with Crippen LogP contribution in [-0.2, 0) is 49.5 Å². The molecule has 3 aromatic rings. The molecule has 5 N–H and O–H groups in total. The highest BCUT2D eigenvalue weighted by molar-refractivity contribution is 6.01. The van der Waals surface area contributed by atoms with E-state index in [0.29, 0.717) is 16.8 Å². The van der Waals surface area contributed by atoms with Crippen LogP contribution >= 0.6 is 0 Å². The van der Waals surface area contributed by atoms with Crippen molar-refractivity contribution in [2.45, 2.75) is 76.1 Å². The highest BCUT2D eigenvalue weighted by Gasteiger charge is 2.76. The Kier molecular flexibility index (Phi) is 13.1. The number of fused-ring (bicyclic) bond motifs is 6. The number of carbonyl (C=O) groups is 5. The average Bonchev–Trinajstić information content (AvgIpc) is 3.46. The van der Waals surface area contributed by atoms with Crippen LogP contribution in [0.25, 0.3) is 10.8 Å². The molecular weight excluding hydrogens is 821 g/mol. The molecule has 1 amide bonds. The van der Waals surface area contributed by atoms with E-state index in [1.165, 1.54) is 19.1 Å². The van der Waals surface area contributed by atoms with Crippen molar-refractivity contribution < 1.29 is 61.9 Å². The molecule has 0 radical (unpaired) electrons. The lowest BCUT2D eigenvalue weighted by molar-refractivity contribution is -0.224. The van der Waals surface area contributed by atoms with Crippen molar-refractivity contribution in [2.24, 2.45) is 34.3 Å². The number of esters is 2. The predicted octanol–water partition coefficient (Wildman–Crippen LogP) is 4.40. The van der Waals surface area contributed by atoms with Crippen LogP contribution in [0.4, 0.5) is 14.5 Å². The standard InChI is InChI=1S/C47H53F2N3O11/c1-27-16-35-36-19-38(48)37-18-33(53)10-12-44(37,2)46(36,49)39(54)20-45(35,3)47(27,59)40(55)24-63-42(57)26-61-15-14-60-25-41(56)62-23-28-4-6-29(7-5-28)34(21-50)43(58)52-32-9-8-31-22-51-13-11-30(31)17-32/h4-13,17-18,22,27,34-36,38-39,54,59H,14-16,19-21,23-26,50H2,1-3H3,(H,52,58)/t27-,34+,35-,36-,38-,39-,44-,45-,46-,47-/m0/s1. The number of pyridine rings is 1. The number of hydrogen-bond acceptors (Lipinski definition) is 13. The van der Waals surface area contributed by atoms with Gasteiger partial charge in [-0.25, -0.2) is 18.4 Å². The Morgan fingerprint density at radius 2 is 1.65 bits per heavy atom. The zero-order valence-corrected chi connectivity index (χ0v) is 35.4. The van der Waals surface area contributed by atoms with Crippen molar-refractivity contribution in [3.63, 3.8) is 0 Å². The number of aromatic nitrogens is 1. The number of nitrogens with one attached hydrogen (secondary N) is 1. The average molecular weight is 874 g/mol. The maximum absolute atomic E-state index is 17.4. The van der Waals surface area contributed by atoms with E-state index in [2.05, 4.69) is 10.3 Å². The Bertz CT molecular complexity index is 2320. The minimum atomic E-state index is -2.37. The van der Waals surface area contributed by atoms with E-state index in [1.54, 1.807) is 56.6 Å². The molecule has 0 saturated heterocycles. The molecule has 0 aliphatic heterocycles. The van der Waals surface area contributed by atoms with E-state index in [9.17, 15) is 34.2 Å². The first kappa shape index (κ1) is 45.8. The van der Waals surface area contributed by atoms with Crippen LogP contribution < -0.4 is 11.1 Å². The largest absolute Gasteiger partial charge is 0.459 e. The Morgan fingerprint density at radius 3 is 2.35 bits per heavy atom. The summed E-state index contributed by atoms with van der Waals surface area (Å²) in [5.41, 5.74) is 0.467. The minimum Gasteiger partial charge on any atom is -0.459 e. The highest BCUT2D eigenvalue weighted by atomic mass is 19.1. The number of aliphatic hydroxyl groups excluding tert-OH is 1. The van der Waals surface area contributed by atoms with Gasteiger partial charge in [0.15, 0.2) is 18.1 Å². The maximum Gasteiger partial charge on any atom is 0.332 e. The van der Waals surface area contributed by atoms with Crippen molar-refractivity contribution in [1.82, 2.24) is 4.98 Å². The first-order valence-electron chi connectivity index (χ1n) is 21.1. The lowest BCUT2D eigenvalue weighted by atomic mass is 9.44. The lowest BCUT2D eigenvalue weighted by Crippen LogP contribution is -2.70. The monoisotopic (exact) mass is 873 g/mol. The molecule has 14 nitrogen and oxygen atoms in total. The number of nitrogens with zero attached hydrogens (tertiary/aromatic N) is 1. The fourth-order valence-electron chi connectivity index (χ4n) is 10.7. The van der Waals surface area contributed by atoms with Gasteiger partial charge < -0.3 is 40.2 Å². The Hall–Kier alpha value is -5.26. The number of amides is 1. The summed E-state index contributed by atoms with van der Waals surface area (Å²) in [4.78, 5) is 67.8. The summed E-state index contributed by atoms with van der Waals surface area (Å²) in [5, 5.41) is 28.4. The third kappa shape index (κ3) is 8.34. The number of halogens is 2. The molecule has 1 heterocycles. The summed E-state index contributed by atoms with van der Waals surface area (Å²) in [6.07, 6.45) is 3.17. The van der Waals surface area contributed by atoms with Crippen molar-refractivity contribution in [3.05, 3.63) is 95.9 Å². The van der Waals surface area contributed by atoms with Crippen molar-refractivity contribution in [1.29, 1.82) is 0 Å². The summed E-state index contributed by atoms with van der Waals surface area (Å²) in [5.74, 6) is -6.25. The second-order valence-electron chi connectivity index (χ2n) is 17.6. The molecule has 16 heteroatoms. The van der Waals surface area contributed by atoms with Crippen molar-refractivity contribution >= 4 is 45.9 Å². The van der Waals surface area contributed by atoms with Crippen LogP contribution in [0.1, 0.15) is 57.1 Å². The smallest absolute Gasteiger partial charge is 0.332 e. The van der Waals surface area contributed by atoms with Crippen LogP contribution in [0, 0.1) is 28.6 Å². The number of aliphatic hydroxyl groups is 2. The molecule has 336 valence electrons. The van der Waals surface area contributed by atoms with Gasteiger partial charge in [-0.3, -0.25) is 19.4 Å². The van der Waals surface area contributed by atoms with E-state index in [4.69, 9.17) is 24.7 Å². The number of Topliss-reactive ketones (excluding diaryl/α,β-unsaturated/α-hetero) is 1. The van der Waals surface area contributed by atoms with Crippen LogP contribution in [0.2, 0.25) is 0 Å². The molecule has 7 rings (SSSR count). The van der Waals surface area contributed by atoms with Gasteiger partial charge in [-0.2, -0.15) is 0 Å². The zero-order chi connectivity index (χ0) is 45.3. The SMILES string of the molecule is C[C@H]1C[C@H]2[C@@H]3C[C@H](F)C4=CC(=O)C=C[C@]4(C)[C@@]3(F)[C@@H](O)C[C@]2(C)[C@@]1(O)C(=O)COC(=O)COCCOCC(=O)OCc1ccc([C@@H](CN)C(=O)Nc2ccc3cnccc3c2)cc1. The molecular formula is C47H53F2N3O11. The zero-order valence-electron chi connectivity index (χ0n) is 35.4. The number of carbonyl (C=O) groups excluding carboxylic acids is 5. The summed E-state index contributed by atoms with van der Waals surface area (Å²) in [6.45, 7) is 2.78. The molecule has 2 aromatic carbocycles. The Balaban J connectivity index is 0.812.